The lowest BCUT2D eigenvalue weighted by molar-refractivity contribution is 0.0767. The first-order valence-electron chi connectivity index (χ1n) is 8.37. The first kappa shape index (κ1) is 18.6. The number of carbonyl (C=O) groups is 1. The molecule has 1 saturated heterocycles. The topological polar surface area (TPSA) is 23.6 Å². The molecule has 1 amide bonds. The average molecular weight is 380 g/mol. The number of amides is 1. The Hall–Kier alpha value is -2.15. The smallest absolute Gasteiger partial charge is 0.288 e. The quantitative estimate of drug-likeness (QED) is 0.730. The van der Waals surface area contributed by atoms with E-state index >= 15 is 0 Å². The number of anilines is 1. The van der Waals surface area contributed by atoms with Crippen LogP contribution in [0.1, 0.15) is 16.8 Å². The second kappa shape index (κ2) is 8.49. The third kappa shape index (κ3) is 4.72. The van der Waals surface area contributed by atoms with Gasteiger partial charge in [-0.25, -0.2) is 4.39 Å². The van der Waals surface area contributed by atoms with Gasteiger partial charge in [0.25, 0.3) is 11.7 Å². The molecule has 0 saturated carbocycles. The molecule has 138 valence electrons. The lowest BCUT2D eigenvalue weighted by Gasteiger charge is -2.23. The van der Waals surface area contributed by atoms with E-state index in [4.69, 9.17) is 0 Å². The molecular formula is C19H19F3N2OS. The number of carbonyl (C=O) groups excluding carboxylic acids is 1. The number of hydrogen-bond donors (Lipinski definition) is 0. The predicted molar refractivity (Wildman–Crippen MR) is 97.4 cm³/mol. The molecule has 2 aromatic rings. The van der Waals surface area contributed by atoms with Gasteiger partial charge in [-0.05, 0) is 55.0 Å². The van der Waals surface area contributed by atoms with E-state index < -0.39 is 5.76 Å². The highest BCUT2D eigenvalue weighted by atomic mass is 32.2. The van der Waals surface area contributed by atoms with E-state index in [0.29, 0.717) is 41.9 Å². The molecule has 2 aromatic carbocycles. The van der Waals surface area contributed by atoms with Gasteiger partial charge in [0.2, 0.25) is 0 Å². The van der Waals surface area contributed by atoms with Gasteiger partial charge >= 0.3 is 0 Å². The zero-order valence-electron chi connectivity index (χ0n) is 14.1. The summed E-state index contributed by atoms with van der Waals surface area (Å²) in [6.45, 7) is 2.64. The minimum Gasteiger partial charge on any atom is -0.370 e. The highest BCUT2D eigenvalue weighted by molar-refractivity contribution is 7.99. The highest BCUT2D eigenvalue weighted by Gasteiger charge is 2.20. The van der Waals surface area contributed by atoms with Crippen molar-refractivity contribution in [2.75, 3.05) is 31.1 Å². The second-order valence-corrected chi connectivity index (χ2v) is 7.08. The molecule has 3 rings (SSSR count). The van der Waals surface area contributed by atoms with E-state index in [1.807, 2.05) is 0 Å². The minimum atomic E-state index is -2.47. The van der Waals surface area contributed by atoms with Crippen molar-refractivity contribution in [2.24, 2.45) is 0 Å². The molecule has 0 aliphatic carbocycles. The maximum absolute atomic E-state index is 13.1. The SMILES string of the molecule is O=C(c1ccc(SC(F)F)cc1)N1CCCN(c2ccc(F)cc2)CC1. The number of nitrogens with zero attached hydrogens (tertiary/aromatic N) is 2. The average Bonchev–Trinajstić information content (AvgIpc) is 2.88. The second-order valence-electron chi connectivity index (χ2n) is 6.01. The summed E-state index contributed by atoms with van der Waals surface area (Å²) in [5.41, 5.74) is 1.44. The van der Waals surface area contributed by atoms with Crippen molar-refractivity contribution in [1.82, 2.24) is 4.90 Å². The van der Waals surface area contributed by atoms with Crippen LogP contribution in [0.5, 0.6) is 0 Å². The van der Waals surface area contributed by atoms with E-state index in [-0.39, 0.29) is 11.7 Å². The number of halogens is 3. The summed E-state index contributed by atoms with van der Waals surface area (Å²) in [6.07, 6.45) is 0.808. The maximum atomic E-state index is 13.1. The summed E-state index contributed by atoms with van der Waals surface area (Å²) in [5, 5.41) is 0. The number of benzene rings is 2. The highest BCUT2D eigenvalue weighted by Crippen LogP contribution is 2.25. The van der Waals surface area contributed by atoms with Gasteiger partial charge in [-0.3, -0.25) is 4.79 Å². The Bertz CT molecular complexity index is 737. The van der Waals surface area contributed by atoms with Crippen LogP contribution in [0.3, 0.4) is 0 Å². The van der Waals surface area contributed by atoms with E-state index in [1.54, 1.807) is 41.3 Å². The van der Waals surface area contributed by atoms with Crippen LogP contribution in [0.25, 0.3) is 0 Å². The first-order valence-corrected chi connectivity index (χ1v) is 9.25. The molecule has 3 nitrogen and oxygen atoms in total. The Kier molecular flexibility index (Phi) is 6.08. The van der Waals surface area contributed by atoms with Gasteiger partial charge in [-0.1, -0.05) is 11.8 Å². The first-order chi connectivity index (χ1) is 12.5. The Morgan fingerprint density at radius 1 is 0.923 bits per heavy atom. The third-order valence-corrected chi connectivity index (χ3v) is 5.02. The summed E-state index contributed by atoms with van der Waals surface area (Å²) >= 11 is 0.465. The van der Waals surface area contributed by atoms with Gasteiger partial charge in [0.15, 0.2) is 0 Å². The van der Waals surface area contributed by atoms with Crippen molar-refractivity contribution in [1.29, 1.82) is 0 Å². The molecule has 0 radical (unpaired) electrons. The molecule has 0 atom stereocenters. The number of thioether (sulfide) groups is 1. The van der Waals surface area contributed by atoms with Crippen LogP contribution in [0, 0.1) is 5.82 Å². The van der Waals surface area contributed by atoms with E-state index in [1.165, 1.54) is 12.1 Å². The van der Waals surface area contributed by atoms with Crippen molar-refractivity contribution < 1.29 is 18.0 Å². The van der Waals surface area contributed by atoms with Gasteiger partial charge in [0, 0.05) is 42.3 Å². The number of rotatable bonds is 4. The lowest BCUT2D eigenvalue weighted by Crippen LogP contribution is -2.35. The predicted octanol–water partition coefficient (Wildman–Crippen LogP) is 4.49. The van der Waals surface area contributed by atoms with Crippen molar-refractivity contribution in [2.45, 2.75) is 17.1 Å². The molecular weight excluding hydrogens is 361 g/mol. The molecule has 0 spiro atoms. The van der Waals surface area contributed by atoms with E-state index in [9.17, 15) is 18.0 Å². The number of hydrogen-bond acceptors (Lipinski definition) is 3. The summed E-state index contributed by atoms with van der Waals surface area (Å²) < 4.78 is 37.8. The van der Waals surface area contributed by atoms with Crippen molar-refractivity contribution >= 4 is 23.4 Å². The normalized spacial score (nSPS) is 15.2. The fraction of sp³-hybridized carbons (Fsp3) is 0.316. The van der Waals surface area contributed by atoms with Crippen molar-refractivity contribution in [3.05, 3.63) is 59.9 Å². The fourth-order valence-electron chi connectivity index (χ4n) is 2.99. The summed E-state index contributed by atoms with van der Waals surface area (Å²) in [6, 6.07) is 12.6. The molecule has 1 heterocycles. The van der Waals surface area contributed by atoms with Crippen LogP contribution in [-0.4, -0.2) is 42.7 Å². The van der Waals surface area contributed by atoms with Gasteiger partial charge < -0.3 is 9.80 Å². The third-order valence-electron chi connectivity index (χ3n) is 4.30. The van der Waals surface area contributed by atoms with Gasteiger partial charge in [0.1, 0.15) is 5.82 Å². The van der Waals surface area contributed by atoms with E-state index in [2.05, 4.69) is 4.90 Å². The molecule has 1 aliphatic rings. The summed E-state index contributed by atoms with van der Waals surface area (Å²) in [7, 11) is 0. The zero-order chi connectivity index (χ0) is 18.5. The maximum Gasteiger partial charge on any atom is 0.288 e. The largest absolute Gasteiger partial charge is 0.370 e. The van der Waals surface area contributed by atoms with E-state index in [0.717, 1.165) is 18.7 Å². The molecule has 1 fully saturated rings. The molecule has 0 aromatic heterocycles. The van der Waals surface area contributed by atoms with Gasteiger partial charge in [0.05, 0.1) is 0 Å². The Morgan fingerprint density at radius 2 is 1.62 bits per heavy atom. The fourth-order valence-corrected chi connectivity index (χ4v) is 3.49. The van der Waals surface area contributed by atoms with Crippen molar-refractivity contribution in [3.63, 3.8) is 0 Å². The Morgan fingerprint density at radius 3 is 2.27 bits per heavy atom. The van der Waals surface area contributed by atoms with Crippen molar-refractivity contribution in [3.8, 4) is 0 Å². The molecule has 0 bridgehead atoms. The molecule has 0 N–H and O–H groups in total. The molecule has 1 aliphatic heterocycles. The molecule has 7 heteroatoms. The van der Waals surface area contributed by atoms with Gasteiger partial charge in [-0.15, -0.1) is 0 Å². The van der Waals surface area contributed by atoms with Gasteiger partial charge in [-0.2, -0.15) is 8.78 Å². The van der Waals surface area contributed by atoms with Crippen LogP contribution in [0.15, 0.2) is 53.4 Å². The van der Waals surface area contributed by atoms with Crippen LogP contribution in [0.2, 0.25) is 0 Å². The summed E-state index contributed by atoms with van der Waals surface area (Å²) in [4.78, 5) is 17.0. The lowest BCUT2D eigenvalue weighted by atomic mass is 10.2. The Balaban J connectivity index is 1.63. The minimum absolute atomic E-state index is 0.0976. The number of alkyl halides is 2. The molecule has 0 unspecified atom stereocenters. The van der Waals surface area contributed by atoms with Crippen LogP contribution >= 0.6 is 11.8 Å². The van der Waals surface area contributed by atoms with Crippen LogP contribution < -0.4 is 4.90 Å². The molecule has 26 heavy (non-hydrogen) atoms. The standard InChI is InChI=1S/C19H19F3N2OS/c20-15-4-6-16(7-5-15)23-10-1-11-24(13-12-23)18(25)14-2-8-17(9-3-14)26-19(21)22/h2-9,19H,1,10-13H2. The summed E-state index contributed by atoms with van der Waals surface area (Å²) in [5.74, 6) is -2.84. The Labute approximate surface area is 154 Å². The monoisotopic (exact) mass is 380 g/mol. The van der Waals surface area contributed by atoms with Crippen LogP contribution in [-0.2, 0) is 0 Å². The zero-order valence-corrected chi connectivity index (χ0v) is 14.9. The van der Waals surface area contributed by atoms with Crippen LogP contribution in [0.4, 0.5) is 18.9 Å².